The molecule has 0 aliphatic carbocycles. The molecule has 1 aromatic carbocycles. The van der Waals surface area contributed by atoms with E-state index in [1.165, 1.54) is 18.6 Å². The van der Waals surface area contributed by atoms with Gasteiger partial charge in [-0.25, -0.2) is 4.98 Å². The minimum Gasteiger partial charge on any atom is -0.368 e. The highest BCUT2D eigenvalue weighted by Gasteiger charge is 2.41. The molecule has 1 saturated heterocycles. The van der Waals surface area contributed by atoms with Gasteiger partial charge >= 0.3 is 6.18 Å². The topological polar surface area (TPSA) is 85.1 Å². The highest BCUT2D eigenvalue weighted by atomic mass is 79.9. The molecule has 149 valence electrons. The van der Waals surface area contributed by atoms with Crippen LogP contribution in [-0.2, 0) is 11.0 Å². The Morgan fingerprint density at radius 2 is 2.07 bits per heavy atom. The van der Waals surface area contributed by atoms with Crippen LogP contribution in [0.2, 0.25) is 0 Å². The molecule has 10 heteroatoms. The third-order valence-electron chi connectivity index (χ3n) is 4.54. The van der Waals surface area contributed by atoms with Crippen molar-refractivity contribution in [1.29, 1.82) is 0 Å². The number of alkyl halides is 3. The van der Waals surface area contributed by atoms with Gasteiger partial charge in [-0.05, 0) is 59.4 Å². The van der Waals surface area contributed by atoms with E-state index in [4.69, 9.17) is 5.73 Å². The van der Waals surface area contributed by atoms with Crippen LogP contribution < -0.4 is 11.1 Å². The van der Waals surface area contributed by atoms with E-state index in [1.54, 1.807) is 0 Å². The number of nitrogens with zero attached hydrogens (tertiary/aromatic N) is 1. The summed E-state index contributed by atoms with van der Waals surface area (Å²) in [5, 5.41) is 2.99. The van der Waals surface area contributed by atoms with Crippen molar-refractivity contribution in [2.75, 3.05) is 6.54 Å². The number of piperidine rings is 1. The van der Waals surface area contributed by atoms with Gasteiger partial charge in [0.25, 0.3) is 0 Å². The van der Waals surface area contributed by atoms with Crippen molar-refractivity contribution in [2.24, 2.45) is 5.73 Å². The number of halogens is 4. The summed E-state index contributed by atoms with van der Waals surface area (Å²) in [6.45, 7) is 0.536. The zero-order valence-electron chi connectivity index (χ0n) is 14.5. The molecule has 1 aromatic heterocycles. The molecule has 1 aliphatic heterocycles. The van der Waals surface area contributed by atoms with Gasteiger partial charge in [-0.15, -0.1) is 11.3 Å². The fourth-order valence-electron chi connectivity index (χ4n) is 3.12. The predicted octanol–water partition coefficient (Wildman–Crippen LogP) is 3.98. The average Bonchev–Trinajstić information content (AvgIpc) is 3.04. The third kappa shape index (κ3) is 4.28. The molecule has 1 fully saturated rings. The lowest BCUT2D eigenvalue weighted by Crippen LogP contribution is -2.59. The molecule has 0 bridgehead atoms. The molecule has 0 spiro atoms. The molecule has 28 heavy (non-hydrogen) atoms. The quantitative estimate of drug-likeness (QED) is 0.641. The number of rotatable bonds is 5. The van der Waals surface area contributed by atoms with Crippen LogP contribution in [0.25, 0.3) is 10.4 Å². The molecule has 1 atom stereocenters. The first-order valence-corrected chi connectivity index (χ1v) is 10.0. The van der Waals surface area contributed by atoms with E-state index < -0.39 is 29.0 Å². The minimum absolute atomic E-state index is 0.0239. The van der Waals surface area contributed by atoms with Crippen molar-refractivity contribution < 1.29 is 22.8 Å². The monoisotopic (exact) mass is 474 g/mol. The van der Waals surface area contributed by atoms with Gasteiger partial charge < -0.3 is 11.1 Å². The summed E-state index contributed by atoms with van der Waals surface area (Å²) >= 11 is 4.23. The van der Waals surface area contributed by atoms with Gasteiger partial charge in [-0.3, -0.25) is 9.59 Å². The molecule has 3 rings (SSSR count). The van der Waals surface area contributed by atoms with Gasteiger partial charge in [0, 0.05) is 0 Å². The second-order valence-corrected chi connectivity index (χ2v) is 8.73. The Labute approximate surface area is 171 Å². The van der Waals surface area contributed by atoms with Gasteiger partial charge in [0.15, 0.2) is 9.70 Å². The lowest BCUT2D eigenvalue weighted by Gasteiger charge is -2.34. The number of nitrogens with one attached hydrogen (secondary N) is 1. The number of hydrogen-bond donors (Lipinski definition) is 2. The second kappa shape index (κ2) is 7.92. The number of nitrogens with two attached hydrogens (primary N) is 1. The van der Waals surface area contributed by atoms with Gasteiger partial charge in [-0.2, -0.15) is 13.2 Å². The average molecular weight is 475 g/mol. The summed E-state index contributed by atoms with van der Waals surface area (Å²) < 4.78 is 39.5. The second-order valence-electron chi connectivity index (χ2n) is 6.45. The van der Waals surface area contributed by atoms with Crippen LogP contribution in [0.4, 0.5) is 13.2 Å². The normalized spacial score (nSPS) is 20.1. The van der Waals surface area contributed by atoms with Crippen LogP contribution in [0.1, 0.15) is 35.3 Å². The Balaban J connectivity index is 1.96. The summed E-state index contributed by atoms with van der Waals surface area (Å²) in [5.41, 5.74) is 3.61. The lowest BCUT2D eigenvalue weighted by atomic mass is 9.83. The number of ketones is 1. The molecule has 2 aromatic rings. The van der Waals surface area contributed by atoms with E-state index in [1.807, 2.05) is 0 Å². The van der Waals surface area contributed by atoms with Crippen LogP contribution in [0.5, 0.6) is 0 Å². The summed E-state index contributed by atoms with van der Waals surface area (Å²) in [5.74, 6) is -1.24. The first-order valence-electron chi connectivity index (χ1n) is 8.41. The van der Waals surface area contributed by atoms with Crippen LogP contribution >= 0.6 is 27.3 Å². The van der Waals surface area contributed by atoms with Gasteiger partial charge in [0.05, 0.1) is 16.9 Å². The van der Waals surface area contributed by atoms with E-state index in [9.17, 15) is 22.8 Å². The van der Waals surface area contributed by atoms with Crippen LogP contribution in [0.3, 0.4) is 0 Å². The number of aromatic nitrogens is 1. The number of benzene rings is 1. The maximum Gasteiger partial charge on any atom is 0.416 e. The first kappa shape index (κ1) is 20.9. The molecule has 1 amide bonds. The number of carbonyl (C=O) groups excluding carboxylic acids is 2. The Morgan fingerprint density at radius 1 is 1.32 bits per heavy atom. The Kier molecular flexibility index (Phi) is 5.92. The maximum absolute atomic E-state index is 13.0. The minimum atomic E-state index is -4.50. The third-order valence-corrected chi connectivity index (χ3v) is 6.10. The molecular formula is C18H16BrF3N3O2S. The summed E-state index contributed by atoms with van der Waals surface area (Å²) in [4.78, 5) is 29.3. The molecule has 1 unspecified atom stereocenters. The van der Waals surface area contributed by atoms with Gasteiger partial charge in [-0.1, -0.05) is 12.1 Å². The molecule has 2 heterocycles. The van der Waals surface area contributed by atoms with Crippen molar-refractivity contribution in [3.8, 4) is 10.4 Å². The van der Waals surface area contributed by atoms with Crippen molar-refractivity contribution in [3.05, 3.63) is 45.9 Å². The number of hydrogen-bond acceptors (Lipinski definition) is 5. The number of amides is 1. The van der Waals surface area contributed by atoms with Crippen LogP contribution in [0, 0.1) is 6.42 Å². The van der Waals surface area contributed by atoms with Crippen molar-refractivity contribution in [3.63, 3.8) is 0 Å². The van der Waals surface area contributed by atoms with E-state index >= 15 is 0 Å². The highest BCUT2D eigenvalue weighted by Crippen LogP contribution is 2.38. The van der Waals surface area contributed by atoms with E-state index in [-0.39, 0.29) is 16.1 Å². The largest absolute Gasteiger partial charge is 0.416 e. The number of Topliss-reactive ketones (excluding diaryl/α,β-unsaturated/α-hetero) is 1. The summed E-state index contributed by atoms with van der Waals surface area (Å²) in [7, 11) is 0. The van der Waals surface area contributed by atoms with Gasteiger partial charge in [0.1, 0.15) is 11.2 Å². The highest BCUT2D eigenvalue weighted by molar-refractivity contribution is 9.11. The molecule has 3 N–H and O–H groups in total. The lowest BCUT2D eigenvalue weighted by molar-refractivity contribution is -0.137. The number of primary amides is 1. The summed E-state index contributed by atoms with van der Waals surface area (Å²) in [6.07, 6.45) is -1.35. The van der Waals surface area contributed by atoms with Crippen LogP contribution in [0.15, 0.2) is 28.2 Å². The predicted molar refractivity (Wildman–Crippen MR) is 103 cm³/mol. The Bertz CT molecular complexity index is 908. The molecule has 5 nitrogen and oxygen atoms in total. The van der Waals surface area contributed by atoms with Crippen molar-refractivity contribution in [2.45, 2.75) is 31.0 Å². The van der Waals surface area contributed by atoms with E-state index in [0.29, 0.717) is 16.9 Å². The Hall–Kier alpha value is -1.78. The Morgan fingerprint density at radius 3 is 2.68 bits per heavy atom. The standard InChI is InChI=1S/C18H16BrF3N3O2S/c19-16-25-13(12(26)9-17(15(23)27)6-1-2-7-24-17)14(28-16)10-4-3-5-11(8-10)18(20,21)22/h3-5,8-9,24H,1-2,6-7H2,(H2,23,27). The van der Waals surface area contributed by atoms with E-state index in [2.05, 4.69) is 26.2 Å². The van der Waals surface area contributed by atoms with Gasteiger partial charge in [0.2, 0.25) is 5.91 Å². The van der Waals surface area contributed by atoms with Crippen molar-refractivity contribution in [1.82, 2.24) is 10.3 Å². The molecule has 0 saturated carbocycles. The smallest absolute Gasteiger partial charge is 0.368 e. The summed E-state index contributed by atoms with van der Waals surface area (Å²) in [6, 6.07) is 4.69. The SMILES string of the molecule is NC(=O)C1([CH]C(=O)c2nc(Br)sc2-c2cccc(C(F)(F)F)c2)CCCCN1. The van der Waals surface area contributed by atoms with E-state index in [0.717, 1.165) is 36.3 Å². The molecule has 1 radical (unpaired) electrons. The molecule has 1 aliphatic rings. The maximum atomic E-state index is 13.0. The van der Waals surface area contributed by atoms with Crippen LogP contribution in [-0.4, -0.2) is 28.8 Å². The zero-order chi connectivity index (χ0) is 20.5. The zero-order valence-corrected chi connectivity index (χ0v) is 16.9. The fourth-order valence-corrected chi connectivity index (χ4v) is 4.57. The fraction of sp³-hybridized carbons (Fsp3) is 0.333. The first-order chi connectivity index (χ1) is 13.1. The number of thiazole rings is 1. The number of carbonyl (C=O) groups is 2. The molecular weight excluding hydrogens is 459 g/mol. The van der Waals surface area contributed by atoms with Crippen molar-refractivity contribution >= 4 is 39.0 Å².